The molecule has 51 heavy (non-hydrogen) atoms. The van der Waals surface area contributed by atoms with Gasteiger partial charge in [0.1, 0.15) is 17.2 Å². The smallest absolute Gasteiger partial charge is 0.343 e. The minimum Gasteiger partial charge on any atom is -0.494 e. The van der Waals surface area contributed by atoms with Crippen LogP contribution in [0.4, 0.5) is 0 Å². The van der Waals surface area contributed by atoms with Crippen LogP contribution < -0.4 is 14.2 Å². The Bertz CT molecular complexity index is 1800. The summed E-state index contributed by atoms with van der Waals surface area (Å²) in [6.07, 6.45) is 7.45. The highest BCUT2D eigenvalue weighted by atomic mass is 16.5. The summed E-state index contributed by atoms with van der Waals surface area (Å²) in [6, 6.07) is 26.3. The second-order valence-corrected chi connectivity index (χ2v) is 14.5. The highest BCUT2D eigenvalue weighted by Crippen LogP contribution is 2.50. The van der Waals surface area contributed by atoms with Gasteiger partial charge in [-0.15, -0.1) is 0 Å². The first-order valence-corrected chi connectivity index (χ1v) is 18.4. The number of ether oxygens (including phenoxy) is 5. The fourth-order valence-corrected chi connectivity index (χ4v) is 6.79. The van der Waals surface area contributed by atoms with Crippen LogP contribution in [0.1, 0.15) is 104 Å². The van der Waals surface area contributed by atoms with Gasteiger partial charge in [-0.25, -0.2) is 9.59 Å². The normalized spacial score (nSPS) is 15.0. The van der Waals surface area contributed by atoms with Gasteiger partial charge in [-0.05, 0) is 121 Å². The lowest BCUT2D eigenvalue weighted by Crippen LogP contribution is -2.45. The van der Waals surface area contributed by atoms with Crippen molar-refractivity contribution < 1.29 is 33.3 Å². The summed E-state index contributed by atoms with van der Waals surface area (Å²) >= 11 is 0. The molecule has 0 aromatic heterocycles. The molecule has 0 amide bonds. The van der Waals surface area contributed by atoms with Crippen LogP contribution in [0.25, 0.3) is 11.1 Å². The van der Waals surface area contributed by atoms with E-state index < -0.39 is 11.4 Å². The van der Waals surface area contributed by atoms with Crippen LogP contribution in [0.3, 0.4) is 0 Å². The SMILES string of the molecule is CCCCCc1ccc(C(=O)Oc2ccc3c(c2)C(C)(C)c2cc(OC(=O)c4ccc(OCCCCOCC5(CC)COC5)cc4)ccc2-3)cc1. The molecule has 1 aliphatic heterocycles. The van der Waals surface area contributed by atoms with E-state index >= 15 is 0 Å². The number of fused-ring (bicyclic) bond motifs is 3. The molecule has 2 aliphatic rings. The van der Waals surface area contributed by atoms with Crippen molar-refractivity contribution in [1.29, 1.82) is 0 Å². The average Bonchev–Trinajstić information content (AvgIpc) is 3.34. The first-order chi connectivity index (χ1) is 24.7. The van der Waals surface area contributed by atoms with Crippen molar-refractivity contribution in [2.75, 3.05) is 33.0 Å². The van der Waals surface area contributed by atoms with Crippen LogP contribution in [-0.4, -0.2) is 45.0 Å². The Labute approximate surface area is 302 Å². The van der Waals surface area contributed by atoms with Gasteiger partial charge in [0.25, 0.3) is 0 Å². The van der Waals surface area contributed by atoms with Gasteiger partial charge in [-0.2, -0.15) is 0 Å². The molecule has 0 radical (unpaired) electrons. The molecular formula is C44H50O7. The van der Waals surface area contributed by atoms with E-state index in [2.05, 4.69) is 27.7 Å². The van der Waals surface area contributed by atoms with Gasteiger partial charge >= 0.3 is 11.9 Å². The number of carbonyl (C=O) groups excluding carboxylic acids is 2. The number of esters is 2. The Morgan fingerprint density at radius 2 is 1.22 bits per heavy atom. The van der Waals surface area contributed by atoms with Gasteiger partial charge in [0.2, 0.25) is 0 Å². The summed E-state index contributed by atoms with van der Waals surface area (Å²) in [7, 11) is 0. The topological polar surface area (TPSA) is 80.3 Å². The summed E-state index contributed by atoms with van der Waals surface area (Å²) in [4.78, 5) is 26.1. The Morgan fingerprint density at radius 1 is 0.667 bits per heavy atom. The minimum absolute atomic E-state index is 0.216. The average molecular weight is 691 g/mol. The summed E-state index contributed by atoms with van der Waals surface area (Å²) in [5, 5.41) is 0. The van der Waals surface area contributed by atoms with Crippen molar-refractivity contribution in [2.24, 2.45) is 5.41 Å². The number of rotatable bonds is 17. The van der Waals surface area contributed by atoms with E-state index in [4.69, 9.17) is 23.7 Å². The van der Waals surface area contributed by atoms with Gasteiger partial charge in [-0.3, -0.25) is 0 Å². The van der Waals surface area contributed by atoms with Gasteiger partial charge in [0.05, 0.1) is 37.6 Å². The molecule has 0 atom stereocenters. The highest BCUT2D eigenvalue weighted by Gasteiger charge is 2.37. The van der Waals surface area contributed by atoms with Crippen LogP contribution in [0.15, 0.2) is 84.9 Å². The molecule has 1 heterocycles. The van der Waals surface area contributed by atoms with E-state index in [0.717, 1.165) is 74.2 Å². The maximum Gasteiger partial charge on any atom is 0.343 e. The second-order valence-electron chi connectivity index (χ2n) is 14.5. The highest BCUT2D eigenvalue weighted by molar-refractivity contribution is 5.92. The first kappa shape index (κ1) is 36.3. The predicted octanol–water partition coefficient (Wildman–Crippen LogP) is 9.77. The van der Waals surface area contributed by atoms with Gasteiger partial charge < -0.3 is 23.7 Å². The van der Waals surface area contributed by atoms with Crippen molar-refractivity contribution in [3.63, 3.8) is 0 Å². The molecule has 7 nitrogen and oxygen atoms in total. The standard InChI is InChI=1S/C44H50O7/c1-5-7-8-11-31-12-14-32(15-13-31)41(45)50-35-20-22-37-38-23-21-36(27-40(38)43(3,4)39(37)26-35)51-42(46)33-16-18-34(19-17-33)49-25-10-9-24-47-28-44(6-2)29-48-30-44/h12-23,26-27H,5-11,24-25,28-30H2,1-4H3. The Hall–Kier alpha value is -4.46. The molecule has 1 fully saturated rings. The molecular weight excluding hydrogens is 640 g/mol. The van der Waals surface area contributed by atoms with E-state index in [0.29, 0.717) is 41.6 Å². The third-order valence-corrected chi connectivity index (χ3v) is 10.3. The fourth-order valence-electron chi connectivity index (χ4n) is 6.79. The Balaban J connectivity index is 1.00. The molecule has 4 aromatic rings. The minimum atomic E-state index is -0.433. The Morgan fingerprint density at radius 3 is 1.75 bits per heavy atom. The van der Waals surface area contributed by atoms with Crippen molar-refractivity contribution >= 4 is 11.9 Å². The molecule has 7 heteroatoms. The Kier molecular flexibility index (Phi) is 11.6. The number of benzene rings is 4. The molecule has 1 saturated heterocycles. The van der Waals surface area contributed by atoms with Crippen LogP contribution in [0, 0.1) is 5.41 Å². The quantitative estimate of drug-likeness (QED) is 0.0620. The van der Waals surface area contributed by atoms with E-state index in [-0.39, 0.29) is 11.4 Å². The van der Waals surface area contributed by atoms with Crippen molar-refractivity contribution in [2.45, 2.75) is 78.1 Å². The monoisotopic (exact) mass is 690 g/mol. The third kappa shape index (κ3) is 8.54. The number of hydrogen-bond donors (Lipinski definition) is 0. The van der Waals surface area contributed by atoms with Crippen LogP contribution >= 0.6 is 0 Å². The summed E-state index contributed by atoms with van der Waals surface area (Å²) in [5.41, 5.74) is 6.25. The zero-order valence-electron chi connectivity index (χ0n) is 30.4. The van der Waals surface area contributed by atoms with Gasteiger partial charge in [-0.1, -0.05) is 64.8 Å². The van der Waals surface area contributed by atoms with Crippen molar-refractivity contribution in [1.82, 2.24) is 0 Å². The number of carbonyl (C=O) groups is 2. The molecule has 0 N–H and O–H groups in total. The number of unbranched alkanes of at least 4 members (excludes halogenated alkanes) is 3. The zero-order chi connectivity index (χ0) is 35.8. The van der Waals surface area contributed by atoms with E-state index in [1.54, 1.807) is 24.3 Å². The largest absolute Gasteiger partial charge is 0.494 e. The molecule has 0 spiro atoms. The van der Waals surface area contributed by atoms with E-state index in [1.807, 2.05) is 60.7 Å². The molecule has 1 aliphatic carbocycles. The lowest BCUT2D eigenvalue weighted by Gasteiger charge is -2.40. The molecule has 6 rings (SSSR count). The maximum atomic E-state index is 13.1. The molecule has 268 valence electrons. The maximum absolute atomic E-state index is 13.1. The first-order valence-electron chi connectivity index (χ1n) is 18.4. The van der Waals surface area contributed by atoms with Crippen LogP contribution in [0.2, 0.25) is 0 Å². The molecule has 4 aromatic carbocycles. The summed E-state index contributed by atoms with van der Waals surface area (Å²) in [5.74, 6) is 0.874. The number of hydrogen-bond acceptors (Lipinski definition) is 7. The van der Waals surface area contributed by atoms with Crippen LogP contribution in [-0.2, 0) is 21.3 Å². The van der Waals surface area contributed by atoms with Crippen LogP contribution in [0.5, 0.6) is 17.2 Å². The summed E-state index contributed by atoms with van der Waals surface area (Å²) < 4.78 is 28.8. The van der Waals surface area contributed by atoms with E-state index in [1.165, 1.54) is 18.4 Å². The van der Waals surface area contributed by atoms with Crippen molar-refractivity contribution in [3.05, 3.63) is 113 Å². The fraction of sp³-hybridized carbons (Fsp3) is 0.409. The molecule has 0 bridgehead atoms. The van der Waals surface area contributed by atoms with Crippen molar-refractivity contribution in [3.8, 4) is 28.4 Å². The van der Waals surface area contributed by atoms with E-state index in [9.17, 15) is 9.59 Å². The summed E-state index contributed by atoms with van der Waals surface area (Å²) in [6.45, 7) is 12.3. The number of aryl methyl sites for hydroxylation is 1. The predicted molar refractivity (Wildman–Crippen MR) is 199 cm³/mol. The van der Waals surface area contributed by atoms with Gasteiger partial charge in [0, 0.05) is 17.4 Å². The third-order valence-electron chi connectivity index (χ3n) is 10.3. The molecule has 0 saturated carbocycles. The zero-order valence-corrected chi connectivity index (χ0v) is 30.4. The molecule has 0 unspecified atom stereocenters. The lowest BCUT2D eigenvalue weighted by molar-refractivity contribution is -0.150. The second kappa shape index (κ2) is 16.3. The lowest BCUT2D eigenvalue weighted by atomic mass is 9.82. The van der Waals surface area contributed by atoms with Gasteiger partial charge in [0.15, 0.2) is 0 Å².